The molecule has 0 saturated heterocycles. The van der Waals surface area contributed by atoms with E-state index >= 15 is 0 Å². The highest BCUT2D eigenvalue weighted by molar-refractivity contribution is 5.83. The smallest absolute Gasteiger partial charge is 0.264 e. The molecule has 0 bridgehead atoms. The van der Waals surface area contributed by atoms with E-state index in [-0.39, 0.29) is 0 Å². The van der Waals surface area contributed by atoms with Gasteiger partial charge in [-0.3, -0.25) is 9.55 Å². The molecule has 6 rings (SSSR count). The summed E-state index contributed by atoms with van der Waals surface area (Å²) in [5, 5.41) is 0. The number of hydrogen-bond donors (Lipinski definition) is 0. The van der Waals surface area contributed by atoms with Gasteiger partial charge in [0.15, 0.2) is 17.4 Å². The number of imidazole rings is 2. The van der Waals surface area contributed by atoms with E-state index in [0.717, 1.165) is 29.0 Å². The Bertz CT molecular complexity index is 1260. The van der Waals surface area contributed by atoms with E-state index in [2.05, 4.69) is 66.1 Å². The predicted octanol–water partition coefficient (Wildman–Crippen LogP) is 2.99. The number of nitrogens with zero attached hydrogens (tertiary/aromatic N) is 5. The molecular weight excluding hydrogens is 310 g/mol. The van der Waals surface area contributed by atoms with Crippen LogP contribution in [0, 0.1) is 0 Å². The van der Waals surface area contributed by atoms with Crippen molar-refractivity contribution in [3.05, 3.63) is 78.9 Å². The Labute approximate surface area is 143 Å². The van der Waals surface area contributed by atoms with Gasteiger partial charge in [0.25, 0.3) is 11.5 Å². The zero-order valence-electron chi connectivity index (χ0n) is 13.4. The first kappa shape index (κ1) is 12.9. The molecule has 5 nitrogen and oxygen atoms in total. The van der Waals surface area contributed by atoms with Crippen LogP contribution in [0.3, 0.4) is 0 Å². The first-order valence-corrected chi connectivity index (χ1v) is 8.31. The minimum atomic E-state index is 0.880. The SMILES string of the molecule is c1ccc(-n2c3ncccc3n3c4[n+](cc23)Cc2ccncc2-4)cc1. The molecule has 0 radical (unpaired) electrons. The molecule has 0 spiro atoms. The van der Waals surface area contributed by atoms with Crippen molar-refractivity contribution in [2.24, 2.45) is 0 Å². The summed E-state index contributed by atoms with van der Waals surface area (Å²) in [7, 11) is 0. The topological polar surface area (TPSA) is 39.0 Å². The molecule has 1 aromatic carbocycles. The van der Waals surface area contributed by atoms with Crippen LogP contribution in [0.2, 0.25) is 0 Å². The Hall–Kier alpha value is -3.47. The van der Waals surface area contributed by atoms with Crippen molar-refractivity contribution in [3.8, 4) is 17.1 Å². The lowest BCUT2D eigenvalue weighted by molar-refractivity contribution is -0.670. The van der Waals surface area contributed by atoms with Crippen LogP contribution in [-0.2, 0) is 6.54 Å². The third-order valence-corrected chi connectivity index (χ3v) is 4.94. The van der Waals surface area contributed by atoms with Gasteiger partial charge in [-0.2, -0.15) is 4.40 Å². The fraction of sp³-hybridized carbons (Fsp3) is 0.0500. The first-order chi connectivity index (χ1) is 12.4. The van der Waals surface area contributed by atoms with Crippen molar-refractivity contribution >= 4 is 16.8 Å². The van der Waals surface area contributed by atoms with Crippen LogP contribution in [0.15, 0.2) is 73.3 Å². The van der Waals surface area contributed by atoms with E-state index in [4.69, 9.17) is 0 Å². The summed E-state index contributed by atoms with van der Waals surface area (Å²) in [6, 6.07) is 16.6. The molecule has 1 aliphatic heterocycles. The quantitative estimate of drug-likeness (QED) is 0.436. The van der Waals surface area contributed by atoms with Gasteiger partial charge in [0.2, 0.25) is 0 Å². The minimum Gasteiger partial charge on any atom is -0.264 e. The van der Waals surface area contributed by atoms with Crippen molar-refractivity contribution in [2.45, 2.75) is 6.54 Å². The van der Waals surface area contributed by atoms with Crippen molar-refractivity contribution < 1.29 is 4.57 Å². The molecule has 5 heteroatoms. The Morgan fingerprint density at radius 1 is 0.960 bits per heavy atom. The van der Waals surface area contributed by atoms with E-state index in [0.29, 0.717) is 0 Å². The van der Waals surface area contributed by atoms with E-state index < -0.39 is 0 Å². The Kier molecular flexibility index (Phi) is 2.34. The molecule has 0 amide bonds. The number of pyridine rings is 2. The Morgan fingerprint density at radius 2 is 1.88 bits per heavy atom. The van der Waals surface area contributed by atoms with E-state index in [1.165, 1.54) is 17.0 Å². The van der Waals surface area contributed by atoms with Crippen LogP contribution in [0.25, 0.3) is 33.9 Å². The predicted molar refractivity (Wildman–Crippen MR) is 94.6 cm³/mol. The molecular formula is C20H14N5+. The van der Waals surface area contributed by atoms with Crippen LogP contribution >= 0.6 is 0 Å². The van der Waals surface area contributed by atoms with Gasteiger partial charge in [0.05, 0.1) is 11.3 Å². The fourth-order valence-electron chi connectivity index (χ4n) is 3.91. The third-order valence-electron chi connectivity index (χ3n) is 4.94. The van der Waals surface area contributed by atoms with Crippen molar-refractivity contribution in [1.29, 1.82) is 0 Å². The molecule has 0 N–H and O–H groups in total. The van der Waals surface area contributed by atoms with Gasteiger partial charge in [-0.05, 0) is 30.3 Å². The van der Waals surface area contributed by atoms with E-state index in [1.54, 1.807) is 0 Å². The summed E-state index contributed by atoms with van der Waals surface area (Å²) in [6.07, 6.45) is 7.89. The molecule has 0 saturated carbocycles. The molecule has 1 aliphatic rings. The van der Waals surface area contributed by atoms with Gasteiger partial charge in [-0.1, -0.05) is 18.2 Å². The lowest BCUT2D eigenvalue weighted by Crippen LogP contribution is -2.29. The lowest BCUT2D eigenvalue weighted by Gasteiger charge is -2.01. The van der Waals surface area contributed by atoms with Gasteiger partial charge in [0, 0.05) is 24.2 Å². The normalized spacial score (nSPS) is 12.6. The maximum atomic E-state index is 4.67. The molecule has 25 heavy (non-hydrogen) atoms. The third kappa shape index (κ3) is 1.59. The minimum absolute atomic E-state index is 0.880. The van der Waals surface area contributed by atoms with Crippen LogP contribution in [0.5, 0.6) is 0 Å². The second-order valence-corrected chi connectivity index (χ2v) is 6.32. The summed E-state index contributed by atoms with van der Waals surface area (Å²) in [6.45, 7) is 0.880. The highest BCUT2D eigenvalue weighted by atomic mass is 15.2. The van der Waals surface area contributed by atoms with Crippen LogP contribution < -0.4 is 4.57 Å². The molecule has 0 unspecified atom stereocenters. The van der Waals surface area contributed by atoms with Crippen LogP contribution in [0.4, 0.5) is 0 Å². The van der Waals surface area contributed by atoms with Gasteiger partial charge < -0.3 is 0 Å². The number of para-hydroxylation sites is 1. The zero-order valence-corrected chi connectivity index (χ0v) is 13.4. The van der Waals surface area contributed by atoms with Gasteiger partial charge >= 0.3 is 0 Å². The summed E-state index contributed by atoms with van der Waals surface area (Å²) in [5.74, 6) is 1.17. The average Bonchev–Trinajstić information content (AvgIpc) is 3.28. The average molecular weight is 324 g/mol. The standard InChI is InChI=1S/C20H14N5/c1-2-5-15(6-3-1)24-18-13-23-12-14-8-10-21-11-16(14)20(23)25(18)17-7-4-9-22-19(17)24/h1-11,13H,12H2/q+1. The summed E-state index contributed by atoms with van der Waals surface area (Å²) < 4.78 is 6.81. The first-order valence-electron chi connectivity index (χ1n) is 8.31. The number of fused-ring (bicyclic) bond motifs is 7. The second kappa shape index (κ2) is 4.54. The second-order valence-electron chi connectivity index (χ2n) is 6.32. The van der Waals surface area contributed by atoms with Crippen LogP contribution in [0.1, 0.15) is 5.56 Å². The number of rotatable bonds is 1. The zero-order chi connectivity index (χ0) is 16.4. The highest BCUT2D eigenvalue weighted by Gasteiger charge is 2.34. The monoisotopic (exact) mass is 324 g/mol. The maximum Gasteiger partial charge on any atom is 0.298 e. The van der Waals surface area contributed by atoms with Crippen molar-refractivity contribution in [3.63, 3.8) is 0 Å². The molecule has 5 aromatic rings. The van der Waals surface area contributed by atoms with Crippen molar-refractivity contribution in [2.75, 3.05) is 0 Å². The van der Waals surface area contributed by atoms with E-state index in [9.17, 15) is 0 Å². The highest BCUT2D eigenvalue weighted by Crippen LogP contribution is 2.32. The molecule has 118 valence electrons. The van der Waals surface area contributed by atoms with Gasteiger partial charge in [-0.25, -0.2) is 9.55 Å². The summed E-state index contributed by atoms with van der Waals surface area (Å²) in [4.78, 5) is 9.00. The Morgan fingerprint density at radius 3 is 2.80 bits per heavy atom. The van der Waals surface area contributed by atoms with Gasteiger partial charge in [0.1, 0.15) is 6.54 Å². The molecule has 5 heterocycles. The summed E-state index contributed by atoms with van der Waals surface area (Å²) >= 11 is 0. The molecule has 0 fully saturated rings. The Balaban J connectivity index is 1.81. The number of hydrogen-bond acceptors (Lipinski definition) is 2. The molecule has 0 atom stereocenters. The fourth-order valence-corrected chi connectivity index (χ4v) is 3.91. The maximum absolute atomic E-state index is 4.67. The lowest BCUT2D eigenvalue weighted by atomic mass is 10.2. The number of benzene rings is 1. The van der Waals surface area contributed by atoms with Crippen LogP contribution in [-0.4, -0.2) is 18.9 Å². The molecule has 0 aliphatic carbocycles. The van der Waals surface area contributed by atoms with Crippen molar-refractivity contribution in [1.82, 2.24) is 18.9 Å². The summed E-state index contributed by atoms with van der Waals surface area (Å²) in [5.41, 5.74) is 6.80. The molecule has 4 aromatic heterocycles. The van der Waals surface area contributed by atoms with E-state index in [1.807, 2.05) is 30.7 Å². The van der Waals surface area contributed by atoms with Gasteiger partial charge in [-0.15, -0.1) is 0 Å². The number of aromatic nitrogens is 5. The largest absolute Gasteiger partial charge is 0.298 e.